The Bertz CT molecular complexity index is 440. The van der Waals surface area contributed by atoms with Gasteiger partial charge in [-0.05, 0) is 18.1 Å². The fraction of sp³-hybridized carbons (Fsp3) is 0.333. The number of nitrogens with two attached hydrogens (primary N) is 1. The van der Waals surface area contributed by atoms with E-state index < -0.39 is 0 Å². The zero-order valence-corrected chi connectivity index (χ0v) is 9.31. The van der Waals surface area contributed by atoms with Crippen molar-refractivity contribution in [3.05, 3.63) is 35.7 Å². The Labute approximate surface area is 94.8 Å². The normalized spacial score (nSPS) is 14.3. The van der Waals surface area contributed by atoms with Crippen molar-refractivity contribution >= 4 is 11.7 Å². The molecule has 84 valence electrons. The maximum atomic E-state index is 11.2. The van der Waals surface area contributed by atoms with E-state index in [-0.39, 0.29) is 5.91 Å². The predicted molar refractivity (Wildman–Crippen MR) is 62.9 cm³/mol. The molecule has 1 aliphatic rings. The zero-order chi connectivity index (χ0) is 11.5. The van der Waals surface area contributed by atoms with Crippen LogP contribution in [0, 0.1) is 0 Å². The highest BCUT2D eigenvalue weighted by atomic mass is 16.1. The molecule has 0 unspecified atom stereocenters. The Kier molecular flexibility index (Phi) is 2.90. The van der Waals surface area contributed by atoms with Gasteiger partial charge >= 0.3 is 0 Å². The van der Waals surface area contributed by atoms with E-state index in [1.54, 1.807) is 6.20 Å². The van der Waals surface area contributed by atoms with Crippen LogP contribution in [0.25, 0.3) is 0 Å². The Balaban J connectivity index is 2.38. The molecule has 2 heterocycles. The van der Waals surface area contributed by atoms with Gasteiger partial charge in [-0.1, -0.05) is 13.0 Å². The summed E-state index contributed by atoms with van der Waals surface area (Å²) in [6.07, 6.45) is 5.17. The minimum absolute atomic E-state index is 0.351. The van der Waals surface area contributed by atoms with E-state index >= 15 is 0 Å². The summed E-state index contributed by atoms with van der Waals surface area (Å²) in [5, 5.41) is 0. The van der Waals surface area contributed by atoms with Crippen LogP contribution in [0.5, 0.6) is 0 Å². The van der Waals surface area contributed by atoms with Gasteiger partial charge in [-0.15, -0.1) is 0 Å². The molecule has 0 spiro atoms. The van der Waals surface area contributed by atoms with Crippen molar-refractivity contribution in [2.45, 2.75) is 19.8 Å². The molecule has 1 aromatic rings. The van der Waals surface area contributed by atoms with E-state index in [1.165, 1.54) is 0 Å². The number of anilines is 1. The second kappa shape index (κ2) is 4.35. The van der Waals surface area contributed by atoms with Crippen LogP contribution in [-0.2, 0) is 11.2 Å². The molecule has 2 N–H and O–H groups in total. The summed E-state index contributed by atoms with van der Waals surface area (Å²) in [6, 6.07) is 3.87. The van der Waals surface area contributed by atoms with Crippen molar-refractivity contribution in [2.24, 2.45) is 5.73 Å². The van der Waals surface area contributed by atoms with Gasteiger partial charge in [0, 0.05) is 30.9 Å². The largest absolute Gasteiger partial charge is 0.366 e. The molecular formula is C12H15N3O. The van der Waals surface area contributed by atoms with Crippen molar-refractivity contribution in [3.63, 3.8) is 0 Å². The first-order chi connectivity index (χ1) is 7.72. The number of amides is 1. The lowest BCUT2D eigenvalue weighted by atomic mass is 10.0. The van der Waals surface area contributed by atoms with Crippen molar-refractivity contribution in [1.29, 1.82) is 0 Å². The third kappa shape index (κ3) is 1.91. The summed E-state index contributed by atoms with van der Waals surface area (Å²) in [6.45, 7) is 2.94. The number of fused-ring (bicyclic) bond motifs is 1. The summed E-state index contributed by atoms with van der Waals surface area (Å²) in [7, 11) is 0. The van der Waals surface area contributed by atoms with Crippen LogP contribution in [0.1, 0.15) is 18.9 Å². The van der Waals surface area contributed by atoms with Crippen molar-refractivity contribution in [1.82, 2.24) is 4.98 Å². The minimum Gasteiger partial charge on any atom is -0.366 e. The van der Waals surface area contributed by atoms with Crippen molar-refractivity contribution < 1.29 is 4.79 Å². The molecule has 0 radical (unpaired) electrons. The van der Waals surface area contributed by atoms with Gasteiger partial charge in [0.25, 0.3) is 0 Å². The summed E-state index contributed by atoms with van der Waals surface area (Å²) >= 11 is 0. The molecule has 1 aliphatic heterocycles. The van der Waals surface area contributed by atoms with Crippen LogP contribution in [0.15, 0.2) is 30.1 Å². The lowest BCUT2D eigenvalue weighted by Gasteiger charge is -2.26. The van der Waals surface area contributed by atoms with Crippen LogP contribution in [0.3, 0.4) is 0 Å². The molecule has 0 bridgehead atoms. The molecule has 1 amide bonds. The summed E-state index contributed by atoms with van der Waals surface area (Å²) < 4.78 is 0. The Morgan fingerprint density at radius 1 is 1.62 bits per heavy atom. The van der Waals surface area contributed by atoms with Gasteiger partial charge in [0.15, 0.2) is 0 Å². The van der Waals surface area contributed by atoms with Crippen LogP contribution in [0.2, 0.25) is 0 Å². The van der Waals surface area contributed by atoms with E-state index in [4.69, 9.17) is 5.73 Å². The quantitative estimate of drug-likeness (QED) is 0.828. The average Bonchev–Trinajstić information content (AvgIpc) is 2.29. The van der Waals surface area contributed by atoms with Crippen molar-refractivity contribution in [3.8, 4) is 0 Å². The highest BCUT2D eigenvalue weighted by molar-refractivity contribution is 5.93. The first-order valence-electron chi connectivity index (χ1n) is 5.43. The van der Waals surface area contributed by atoms with E-state index in [2.05, 4.69) is 11.9 Å². The van der Waals surface area contributed by atoms with Gasteiger partial charge in [0.1, 0.15) is 5.82 Å². The number of carbonyl (C=O) groups is 1. The Morgan fingerprint density at radius 2 is 2.44 bits per heavy atom. The van der Waals surface area contributed by atoms with Gasteiger partial charge in [0.05, 0.1) is 0 Å². The van der Waals surface area contributed by atoms with E-state index in [0.29, 0.717) is 12.0 Å². The highest BCUT2D eigenvalue weighted by Crippen LogP contribution is 2.26. The molecule has 0 saturated heterocycles. The van der Waals surface area contributed by atoms with Gasteiger partial charge in [-0.2, -0.15) is 0 Å². The topological polar surface area (TPSA) is 59.2 Å². The molecule has 4 heteroatoms. The molecule has 4 nitrogen and oxygen atoms in total. The number of aromatic nitrogens is 1. The van der Waals surface area contributed by atoms with E-state index in [1.807, 2.05) is 23.2 Å². The van der Waals surface area contributed by atoms with Crippen molar-refractivity contribution in [2.75, 3.05) is 11.4 Å². The fourth-order valence-corrected chi connectivity index (χ4v) is 1.89. The van der Waals surface area contributed by atoms with E-state index in [9.17, 15) is 4.79 Å². The third-order valence-electron chi connectivity index (χ3n) is 2.61. The molecule has 16 heavy (non-hydrogen) atoms. The molecule has 1 aromatic heterocycles. The van der Waals surface area contributed by atoms with Gasteiger partial charge in [-0.3, -0.25) is 4.79 Å². The van der Waals surface area contributed by atoms with Crippen LogP contribution < -0.4 is 10.6 Å². The second-order valence-corrected chi connectivity index (χ2v) is 3.87. The van der Waals surface area contributed by atoms with Crippen LogP contribution >= 0.6 is 0 Å². The Morgan fingerprint density at radius 3 is 3.12 bits per heavy atom. The first kappa shape index (κ1) is 10.7. The van der Waals surface area contributed by atoms with Gasteiger partial charge in [-0.25, -0.2) is 4.98 Å². The lowest BCUT2D eigenvalue weighted by Crippen LogP contribution is -2.28. The molecule has 0 saturated carbocycles. The first-order valence-corrected chi connectivity index (χ1v) is 5.43. The maximum Gasteiger partial charge on any atom is 0.246 e. The van der Waals surface area contributed by atoms with Crippen LogP contribution in [0.4, 0.5) is 5.82 Å². The third-order valence-corrected chi connectivity index (χ3v) is 2.61. The zero-order valence-electron chi connectivity index (χ0n) is 9.31. The highest BCUT2D eigenvalue weighted by Gasteiger charge is 2.20. The lowest BCUT2D eigenvalue weighted by molar-refractivity contribution is -0.114. The number of carbonyl (C=O) groups excluding carboxylic acids is 1. The number of pyridine rings is 1. The SMILES string of the molecule is CCCN1C=C(C(N)=O)Cc2cccnc21. The average molecular weight is 217 g/mol. The molecule has 0 fully saturated rings. The molecule has 0 aromatic carbocycles. The summed E-state index contributed by atoms with van der Waals surface area (Å²) in [4.78, 5) is 17.6. The number of rotatable bonds is 3. The molecule has 2 rings (SSSR count). The fourth-order valence-electron chi connectivity index (χ4n) is 1.89. The Hall–Kier alpha value is -1.84. The molecule has 0 aliphatic carbocycles. The smallest absolute Gasteiger partial charge is 0.246 e. The van der Waals surface area contributed by atoms with E-state index in [0.717, 1.165) is 24.3 Å². The standard InChI is InChI=1S/C12H15N3O/c1-2-6-15-8-10(11(13)16)7-9-4-3-5-14-12(9)15/h3-5,8H,2,6-7H2,1H3,(H2,13,16). The number of nitrogens with zero attached hydrogens (tertiary/aromatic N) is 2. The summed E-state index contributed by atoms with van der Waals surface area (Å²) in [5.74, 6) is 0.588. The van der Waals surface area contributed by atoms with Crippen LogP contribution in [-0.4, -0.2) is 17.4 Å². The molecular weight excluding hydrogens is 202 g/mol. The summed E-state index contributed by atoms with van der Waals surface area (Å²) in [5.41, 5.74) is 7.04. The minimum atomic E-state index is -0.351. The maximum absolute atomic E-state index is 11.2. The van der Waals surface area contributed by atoms with Gasteiger partial charge in [0.2, 0.25) is 5.91 Å². The number of hydrogen-bond donors (Lipinski definition) is 1. The monoisotopic (exact) mass is 217 g/mol. The number of hydrogen-bond acceptors (Lipinski definition) is 3. The molecule has 0 atom stereocenters. The number of primary amides is 1. The van der Waals surface area contributed by atoms with Gasteiger partial charge < -0.3 is 10.6 Å². The second-order valence-electron chi connectivity index (χ2n) is 3.87. The predicted octanol–water partition coefficient (Wildman–Crippen LogP) is 1.22.